The molecule has 9 heteroatoms. The number of carboxylic acids is 1. The Hall–Kier alpha value is -1.09. The van der Waals surface area contributed by atoms with Crippen LogP contribution in [0.1, 0.15) is 38.9 Å². The lowest BCUT2D eigenvalue weighted by Gasteiger charge is -2.26. The Morgan fingerprint density at radius 1 is 1.43 bits per heavy atom. The molecule has 0 amide bonds. The van der Waals surface area contributed by atoms with E-state index in [0.29, 0.717) is 17.4 Å². The molecule has 118 valence electrons. The highest BCUT2D eigenvalue weighted by Gasteiger charge is 2.35. The number of thioether (sulfide) groups is 1. The molecule has 0 aromatic carbocycles. The maximum Gasteiger partial charge on any atom is 0.313 e. The van der Waals surface area contributed by atoms with Gasteiger partial charge in [0.05, 0.1) is 17.3 Å². The van der Waals surface area contributed by atoms with Crippen LogP contribution in [0.15, 0.2) is 5.16 Å². The summed E-state index contributed by atoms with van der Waals surface area (Å²) in [6.07, 6.45) is 0.542. The van der Waals surface area contributed by atoms with E-state index in [4.69, 9.17) is 5.11 Å². The third kappa shape index (κ3) is 3.76. The summed E-state index contributed by atoms with van der Waals surface area (Å²) in [6, 6.07) is 0. The van der Waals surface area contributed by atoms with Gasteiger partial charge in [-0.25, -0.2) is 8.42 Å². The molecule has 0 radical (unpaired) electrons. The fourth-order valence-electron chi connectivity index (χ4n) is 2.39. The van der Waals surface area contributed by atoms with Crippen LogP contribution in [-0.2, 0) is 20.2 Å². The van der Waals surface area contributed by atoms with Crippen molar-refractivity contribution in [1.29, 1.82) is 0 Å². The van der Waals surface area contributed by atoms with E-state index in [1.807, 2.05) is 25.3 Å². The zero-order valence-corrected chi connectivity index (χ0v) is 13.9. The van der Waals surface area contributed by atoms with Crippen LogP contribution in [-0.4, -0.2) is 51.5 Å². The predicted octanol–water partition coefficient (Wildman–Crippen LogP) is 1.11. The van der Waals surface area contributed by atoms with Gasteiger partial charge in [-0.3, -0.25) is 4.79 Å². The molecule has 0 aliphatic carbocycles. The Balaban J connectivity index is 2.36. The van der Waals surface area contributed by atoms with Gasteiger partial charge in [-0.2, -0.15) is 0 Å². The summed E-state index contributed by atoms with van der Waals surface area (Å²) in [5, 5.41) is 17.5. The molecule has 2 rings (SSSR count). The lowest BCUT2D eigenvalue weighted by Crippen LogP contribution is -2.27. The van der Waals surface area contributed by atoms with Crippen molar-refractivity contribution in [3.05, 3.63) is 5.82 Å². The molecule has 2 heterocycles. The van der Waals surface area contributed by atoms with Gasteiger partial charge < -0.3 is 9.67 Å². The summed E-state index contributed by atoms with van der Waals surface area (Å²) < 4.78 is 25.2. The number of carboxylic acid groups (broad SMARTS) is 1. The third-order valence-corrected chi connectivity index (χ3v) is 5.93. The van der Waals surface area contributed by atoms with Gasteiger partial charge in [0.25, 0.3) is 0 Å². The average molecular weight is 333 g/mol. The number of carbonyl (C=O) groups is 1. The molecule has 21 heavy (non-hydrogen) atoms. The molecule has 0 spiro atoms. The van der Waals surface area contributed by atoms with Crippen LogP contribution < -0.4 is 0 Å². The minimum atomic E-state index is -3.00. The number of aromatic nitrogens is 3. The maximum atomic E-state index is 11.7. The SMILES string of the molecule is CC(C)(C)n1c(SCC(=O)O)nnc1C1CCS(=O)(=O)C1. The van der Waals surface area contributed by atoms with Crippen molar-refractivity contribution in [3.8, 4) is 0 Å². The Morgan fingerprint density at radius 2 is 2.10 bits per heavy atom. The molecule has 0 saturated carbocycles. The largest absolute Gasteiger partial charge is 0.481 e. The van der Waals surface area contributed by atoms with Crippen LogP contribution in [0.2, 0.25) is 0 Å². The van der Waals surface area contributed by atoms with Crippen molar-refractivity contribution in [2.24, 2.45) is 0 Å². The van der Waals surface area contributed by atoms with E-state index in [1.54, 1.807) is 0 Å². The van der Waals surface area contributed by atoms with Gasteiger partial charge in [-0.1, -0.05) is 11.8 Å². The van der Waals surface area contributed by atoms with Crippen molar-refractivity contribution in [2.45, 2.75) is 43.8 Å². The van der Waals surface area contributed by atoms with Gasteiger partial charge in [0.2, 0.25) is 0 Å². The Morgan fingerprint density at radius 3 is 2.57 bits per heavy atom. The first-order chi connectivity index (χ1) is 9.60. The highest BCUT2D eigenvalue weighted by molar-refractivity contribution is 7.99. The molecule has 1 aromatic heterocycles. The van der Waals surface area contributed by atoms with Crippen LogP contribution >= 0.6 is 11.8 Å². The summed E-state index contributed by atoms with van der Waals surface area (Å²) in [5.74, 6) is -0.292. The first-order valence-electron chi connectivity index (χ1n) is 6.61. The molecule has 1 fully saturated rings. The van der Waals surface area contributed by atoms with Crippen molar-refractivity contribution in [2.75, 3.05) is 17.3 Å². The number of hydrogen-bond donors (Lipinski definition) is 1. The van der Waals surface area contributed by atoms with Crippen molar-refractivity contribution >= 4 is 27.6 Å². The summed E-state index contributed by atoms with van der Waals surface area (Å²) in [7, 11) is -3.00. The minimum Gasteiger partial charge on any atom is -0.481 e. The molecule has 1 N–H and O–H groups in total. The van der Waals surface area contributed by atoms with Crippen molar-refractivity contribution in [1.82, 2.24) is 14.8 Å². The molecule has 7 nitrogen and oxygen atoms in total. The van der Waals surface area contributed by atoms with Crippen LogP contribution in [0.25, 0.3) is 0 Å². The normalized spacial score (nSPS) is 21.6. The van der Waals surface area contributed by atoms with E-state index in [2.05, 4.69) is 10.2 Å². The molecule has 1 unspecified atom stereocenters. The Bertz CT molecular complexity index is 646. The molecular weight excluding hydrogens is 314 g/mol. The topological polar surface area (TPSA) is 102 Å². The zero-order valence-electron chi connectivity index (χ0n) is 12.2. The first kappa shape index (κ1) is 16.3. The lowest BCUT2D eigenvalue weighted by molar-refractivity contribution is -0.133. The average Bonchev–Trinajstić information content (AvgIpc) is 2.88. The minimum absolute atomic E-state index is 0.0881. The van der Waals surface area contributed by atoms with Gasteiger partial charge in [0.15, 0.2) is 15.0 Å². The van der Waals surface area contributed by atoms with Crippen LogP contribution in [0.4, 0.5) is 0 Å². The van der Waals surface area contributed by atoms with E-state index in [-0.39, 0.29) is 28.7 Å². The molecule has 1 aliphatic rings. The maximum absolute atomic E-state index is 11.7. The fraction of sp³-hybridized carbons (Fsp3) is 0.750. The van der Waals surface area contributed by atoms with Crippen molar-refractivity contribution < 1.29 is 18.3 Å². The van der Waals surface area contributed by atoms with Crippen molar-refractivity contribution in [3.63, 3.8) is 0 Å². The smallest absolute Gasteiger partial charge is 0.313 e. The first-order valence-corrected chi connectivity index (χ1v) is 9.41. The second-order valence-electron chi connectivity index (χ2n) is 6.13. The molecular formula is C12H19N3O4S2. The third-order valence-electron chi connectivity index (χ3n) is 3.25. The summed E-state index contributed by atoms with van der Waals surface area (Å²) in [5.41, 5.74) is -0.341. The Labute approximate surface area is 128 Å². The van der Waals surface area contributed by atoms with Gasteiger partial charge in [0.1, 0.15) is 5.82 Å². The number of rotatable bonds is 4. The van der Waals surface area contributed by atoms with E-state index in [1.165, 1.54) is 0 Å². The fourth-order valence-corrected chi connectivity index (χ4v) is 4.98. The number of nitrogens with zero attached hydrogens (tertiary/aromatic N) is 3. The predicted molar refractivity (Wildman–Crippen MR) is 79.4 cm³/mol. The molecule has 1 aliphatic heterocycles. The van der Waals surface area contributed by atoms with Crippen LogP contribution in [0.3, 0.4) is 0 Å². The van der Waals surface area contributed by atoms with E-state index >= 15 is 0 Å². The Kier molecular flexibility index (Phi) is 4.34. The zero-order chi connectivity index (χ0) is 15.8. The number of hydrogen-bond acceptors (Lipinski definition) is 6. The van der Waals surface area contributed by atoms with Gasteiger partial charge in [0, 0.05) is 11.5 Å². The highest BCUT2D eigenvalue weighted by Crippen LogP contribution is 2.33. The quantitative estimate of drug-likeness (QED) is 0.823. The van der Waals surface area contributed by atoms with Gasteiger partial charge in [-0.15, -0.1) is 10.2 Å². The van der Waals surface area contributed by atoms with E-state index in [0.717, 1.165) is 11.8 Å². The summed E-state index contributed by atoms with van der Waals surface area (Å²) in [6.45, 7) is 5.90. The molecule has 1 atom stereocenters. The molecule has 0 bridgehead atoms. The summed E-state index contributed by atoms with van der Waals surface area (Å²) >= 11 is 1.10. The number of sulfone groups is 1. The second-order valence-corrected chi connectivity index (χ2v) is 9.30. The van der Waals surface area contributed by atoms with Gasteiger partial charge in [-0.05, 0) is 27.2 Å². The van der Waals surface area contributed by atoms with Gasteiger partial charge >= 0.3 is 5.97 Å². The molecule has 1 saturated heterocycles. The standard InChI is InChI=1S/C12H19N3O4S2/c1-12(2,3)15-10(8-4-5-21(18,19)7-8)13-14-11(15)20-6-9(16)17/h8H,4-7H2,1-3H3,(H,16,17). The van der Waals surface area contributed by atoms with Crippen LogP contribution in [0.5, 0.6) is 0 Å². The molecule has 1 aromatic rings. The van der Waals surface area contributed by atoms with E-state index in [9.17, 15) is 13.2 Å². The lowest BCUT2D eigenvalue weighted by atomic mass is 10.0. The summed E-state index contributed by atoms with van der Waals surface area (Å²) in [4.78, 5) is 10.7. The van der Waals surface area contributed by atoms with E-state index < -0.39 is 15.8 Å². The monoisotopic (exact) mass is 333 g/mol. The number of aliphatic carboxylic acids is 1. The highest BCUT2D eigenvalue weighted by atomic mass is 32.2. The van der Waals surface area contributed by atoms with Crippen LogP contribution in [0, 0.1) is 0 Å². The second kappa shape index (κ2) is 5.60.